The average molecular weight is 227 g/mol. The third-order valence-electron chi connectivity index (χ3n) is 2.93. The van der Waals surface area contributed by atoms with E-state index in [1.807, 2.05) is 19.1 Å². The molecule has 1 fully saturated rings. The molecule has 1 aromatic rings. The van der Waals surface area contributed by atoms with Crippen LogP contribution in [0.1, 0.15) is 24.8 Å². The number of benzene rings is 1. The standard InChI is InChI=1S/C12H15ClO2/c1-9-3-4-10(13)7-11(9)15-8-12(14)5-2-6-12/h3-4,7,14H,2,5-6,8H2,1H3. The Hall–Kier alpha value is -0.730. The molecular formula is C12H15ClO2. The van der Waals surface area contributed by atoms with E-state index in [0.29, 0.717) is 11.6 Å². The quantitative estimate of drug-likeness (QED) is 0.859. The molecule has 0 saturated heterocycles. The van der Waals surface area contributed by atoms with Gasteiger partial charge in [-0.3, -0.25) is 0 Å². The molecule has 0 aliphatic heterocycles. The van der Waals surface area contributed by atoms with Gasteiger partial charge in [0.25, 0.3) is 0 Å². The van der Waals surface area contributed by atoms with Crippen LogP contribution in [0.15, 0.2) is 18.2 Å². The Morgan fingerprint density at radius 3 is 2.80 bits per heavy atom. The van der Waals surface area contributed by atoms with Crippen molar-refractivity contribution >= 4 is 11.6 Å². The maximum Gasteiger partial charge on any atom is 0.123 e. The first-order valence-corrected chi connectivity index (χ1v) is 5.58. The normalized spacial score (nSPS) is 18.3. The van der Waals surface area contributed by atoms with E-state index in [-0.39, 0.29) is 0 Å². The van der Waals surface area contributed by atoms with Crippen LogP contribution >= 0.6 is 11.6 Å². The largest absolute Gasteiger partial charge is 0.490 e. The lowest BCUT2D eigenvalue weighted by Crippen LogP contribution is -2.42. The molecule has 0 heterocycles. The van der Waals surface area contributed by atoms with Crippen LogP contribution in [0.3, 0.4) is 0 Å². The van der Waals surface area contributed by atoms with Gasteiger partial charge in [-0.15, -0.1) is 0 Å². The first-order chi connectivity index (χ1) is 7.09. The number of aryl methyl sites for hydroxylation is 1. The second-order valence-electron chi connectivity index (χ2n) is 4.28. The minimum atomic E-state index is -0.602. The van der Waals surface area contributed by atoms with Gasteiger partial charge in [-0.05, 0) is 43.9 Å². The van der Waals surface area contributed by atoms with Gasteiger partial charge in [-0.25, -0.2) is 0 Å². The zero-order chi connectivity index (χ0) is 10.9. The second kappa shape index (κ2) is 4.03. The van der Waals surface area contributed by atoms with Crippen molar-refractivity contribution in [2.75, 3.05) is 6.61 Å². The summed E-state index contributed by atoms with van der Waals surface area (Å²) in [5.74, 6) is 0.767. The Bertz CT molecular complexity index is 359. The number of hydrogen-bond acceptors (Lipinski definition) is 2. The van der Waals surface area contributed by atoms with Crippen LogP contribution in [0.4, 0.5) is 0 Å². The van der Waals surface area contributed by atoms with Crippen LogP contribution in [0.25, 0.3) is 0 Å². The highest BCUT2D eigenvalue weighted by Crippen LogP contribution is 2.33. The maximum atomic E-state index is 9.87. The van der Waals surface area contributed by atoms with Crippen LogP contribution in [0.5, 0.6) is 5.75 Å². The van der Waals surface area contributed by atoms with Gasteiger partial charge in [0.1, 0.15) is 12.4 Å². The molecule has 82 valence electrons. The third-order valence-corrected chi connectivity index (χ3v) is 3.17. The maximum absolute atomic E-state index is 9.87. The van der Waals surface area contributed by atoms with E-state index in [1.54, 1.807) is 6.07 Å². The zero-order valence-electron chi connectivity index (χ0n) is 8.79. The smallest absolute Gasteiger partial charge is 0.123 e. The second-order valence-corrected chi connectivity index (χ2v) is 4.71. The molecule has 0 radical (unpaired) electrons. The highest BCUT2D eigenvalue weighted by molar-refractivity contribution is 6.30. The number of halogens is 1. The molecule has 1 saturated carbocycles. The molecule has 1 aliphatic carbocycles. The third kappa shape index (κ3) is 2.44. The summed E-state index contributed by atoms with van der Waals surface area (Å²) in [6, 6.07) is 5.54. The van der Waals surface area contributed by atoms with Gasteiger partial charge >= 0.3 is 0 Å². The molecule has 0 aromatic heterocycles. The van der Waals surface area contributed by atoms with Crippen LogP contribution in [0.2, 0.25) is 5.02 Å². The number of hydrogen-bond donors (Lipinski definition) is 1. The highest BCUT2D eigenvalue weighted by atomic mass is 35.5. The first-order valence-electron chi connectivity index (χ1n) is 5.20. The van der Waals surface area contributed by atoms with E-state index >= 15 is 0 Å². The Labute approximate surface area is 94.8 Å². The number of rotatable bonds is 3. The van der Waals surface area contributed by atoms with Gasteiger partial charge in [0.05, 0.1) is 5.60 Å². The van der Waals surface area contributed by atoms with Crippen molar-refractivity contribution < 1.29 is 9.84 Å². The summed E-state index contributed by atoms with van der Waals surface area (Å²) in [7, 11) is 0. The summed E-state index contributed by atoms with van der Waals surface area (Å²) < 4.78 is 5.59. The Balaban J connectivity index is 2.01. The molecule has 0 atom stereocenters. The lowest BCUT2D eigenvalue weighted by Gasteiger charge is -2.36. The van der Waals surface area contributed by atoms with Crippen LogP contribution < -0.4 is 4.74 Å². The van der Waals surface area contributed by atoms with Crippen molar-refractivity contribution in [2.45, 2.75) is 31.8 Å². The van der Waals surface area contributed by atoms with Gasteiger partial charge in [0.2, 0.25) is 0 Å². The number of aliphatic hydroxyl groups is 1. The summed E-state index contributed by atoms with van der Waals surface area (Å²) in [4.78, 5) is 0. The van der Waals surface area contributed by atoms with Gasteiger partial charge in [-0.2, -0.15) is 0 Å². The van der Waals surface area contributed by atoms with Crippen molar-refractivity contribution in [3.63, 3.8) is 0 Å². The Kier molecular flexibility index (Phi) is 2.89. The van der Waals surface area contributed by atoms with Crippen molar-refractivity contribution in [1.29, 1.82) is 0 Å². The molecule has 1 aromatic carbocycles. The van der Waals surface area contributed by atoms with Crippen molar-refractivity contribution in [1.82, 2.24) is 0 Å². The Morgan fingerprint density at radius 1 is 1.47 bits per heavy atom. The first kappa shape index (κ1) is 10.8. The molecule has 1 aliphatic rings. The summed E-state index contributed by atoms with van der Waals surface area (Å²) in [5.41, 5.74) is 0.441. The minimum absolute atomic E-state index is 0.369. The fourth-order valence-electron chi connectivity index (χ4n) is 1.67. The van der Waals surface area contributed by atoms with E-state index in [2.05, 4.69) is 0 Å². The van der Waals surface area contributed by atoms with E-state index in [9.17, 15) is 5.11 Å². The monoisotopic (exact) mass is 226 g/mol. The lowest BCUT2D eigenvalue weighted by molar-refractivity contribution is -0.0664. The zero-order valence-corrected chi connectivity index (χ0v) is 9.55. The molecule has 0 amide bonds. The molecule has 3 heteroatoms. The number of ether oxygens (including phenoxy) is 1. The summed E-state index contributed by atoms with van der Waals surface area (Å²) in [5, 5.41) is 10.5. The molecule has 0 bridgehead atoms. The van der Waals surface area contributed by atoms with E-state index in [1.165, 1.54) is 0 Å². The predicted octanol–water partition coefficient (Wildman–Crippen LogP) is 2.94. The van der Waals surface area contributed by atoms with Crippen LogP contribution in [-0.2, 0) is 0 Å². The fraction of sp³-hybridized carbons (Fsp3) is 0.500. The lowest BCUT2D eigenvalue weighted by atomic mass is 9.81. The summed E-state index contributed by atoms with van der Waals surface area (Å²) in [6.45, 7) is 2.34. The predicted molar refractivity (Wildman–Crippen MR) is 60.5 cm³/mol. The van der Waals surface area contributed by atoms with Crippen LogP contribution in [-0.4, -0.2) is 17.3 Å². The van der Waals surface area contributed by atoms with Gasteiger partial charge in [0, 0.05) is 5.02 Å². The molecular weight excluding hydrogens is 212 g/mol. The van der Waals surface area contributed by atoms with Crippen molar-refractivity contribution in [2.24, 2.45) is 0 Å². The fourth-order valence-corrected chi connectivity index (χ4v) is 1.83. The summed E-state index contributed by atoms with van der Waals surface area (Å²) in [6.07, 6.45) is 2.77. The van der Waals surface area contributed by atoms with Crippen LogP contribution in [0, 0.1) is 6.92 Å². The van der Waals surface area contributed by atoms with E-state index in [0.717, 1.165) is 30.6 Å². The molecule has 0 unspecified atom stereocenters. The molecule has 15 heavy (non-hydrogen) atoms. The molecule has 2 nitrogen and oxygen atoms in total. The van der Waals surface area contributed by atoms with Crippen molar-refractivity contribution in [3.05, 3.63) is 28.8 Å². The molecule has 1 N–H and O–H groups in total. The molecule has 2 rings (SSSR count). The molecule has 0 spiro atoms. The average Bonchev–Trinajstić information content (AvgIpc) is 2.17. The highest BCUT2D eigenvalue weighted by Gasteiger charge is 2.35. The minimum Gasteiger partial charge on any atom is -0.490 e. The topological polar surface area (TPSA) is 29.5 Å². The van der Waals surface area contributed by atoms with E-state index in [4.69, 9.17) is 16.3 Å². The van der Waals surface area contributed by atoms with E-state index < -0.39 is 5.60 Å². The van der Waals surface area contributed by atoms with Gasteiger partial charge in [0.15, 0.2) is 0 Å². The van der Waals surface area contributed by atoms with Gasteiger partial charge < -0.3 is 9.84 Å². The van der Waals surface area contributed by atoms with Crippen molar-refractivity contribution in [3.8, 4) is 5.75 Å². The summed E-state index contributed by atoms with van der Waals surface area (Å²) >= 11 is 5.87. The van der Waals surface area contributed by atoms with Gasteiger partial charge in [-0.1, -0.05) is 17.7 Å². The SMILES string of the molecule is Cc1ccc(Cl)cc1OCC1(O)CCC1. The Morgan fingerprint density at radius 2 is 2.20 bits per heavy atom.